The molecule has 2 N–H and O–H groups in total. The normalized spacial score (nSPS) is 15.3. The van der Waals surface area contributed by atoms with Gasteiger partial charge in [0, 0.05) is 25.7 Å². The Morgan fingerprint density at radius 3 is 1.72 bits per heavy atom. The van der Waals surface area contributed by atoms with Crippen molar-refractivity contribution in [3.05, 3.63) is 0 Å². The van der Waals surface area contributed by atoms with Crippen molar-refractivity contribution in [3.8, 4) is 0 Å². The molecule has 0 aliphatic carbocycles. The molecule has 0 aromatic rings. The molecule has 0 radical (unpaired) electrons. The molecule has 0 saturated carbocycles. The predicted molar refractivity (Wildman–Crippen MR) is 146 cm³/mol. The van der Waals surface area contributed by atoms with E-state index in [1.165, 1.54) is 57.8 Å². The minimum absolute atomic E-state index is 0.0524. The molecule has 0 spiro atoms. The van der Waals surface area contributed by atoms with Gasteiger partial charge in [-0.15, -0.1) is 5.06 Å². The summed E-state index contributed by atoms with van der Waals surface area (Å²) >= 11 is 0. The van der Waals surface area contributed by atoms with Crippen LogP contribution in [0.15, 0.2) is 0 Å². The number of carbonyl (C=O) groups excluding carboxylic acids is 5. The van der Waals surface area contributed by atoms with Gasteiger partial charge in [0.05, 0.1) is 6.42 Å². The second-order valence-corrected chi connectivity index (χ2v) is 11.4. The monoisotopic (exact) mass is 554 g/mol. The summed E-state index contributed by atoms with van der Waals surface area (Å²) < 4.78 is 5.25. The van der Waals surface area contributed by atoms with Crippen LogP contribution in [-0.2, 0) is 33.5 Å². The van der Waals surface area contributed by atoms with Crippen molar-refractivity contribution in [1.29, 1.82) is 0 Å². The highest BCUT2D eigenvalue weighted by molar-refractivity contribution is 6.01. The Morgan fingerprint density at radius 1 is 0.795 bits per heavy atom. The molecular formula is C29H50N2O8. The van der Waals surface area contributed by atoms with Gasteiger partial charge < -0.3 is 20.0 Å². The van der Waals surface area contributed by atoms with E-state index in [0.29, 0.717) is 11.5 Å². The van der Waals surface area contributed by atoms with E-state index in [1.54, 1.807) is 20.8 Å². The Bertz CT molecular complexity index is 792. The molecule has 10 heteroatoms. The smallest absolute Gasteiger partial charge is 0.360 e. The van der Waals surface area contributed by atoms with Crippen molar-refractivity contribution in [2.75, 3.05) is 0 Å². The van der Waals surface area contributed by atoms with Gasteiger partial charge in [-0.1, -0.05) is 84.0 Å². The van der Waals surface area contributed by atoms with Crippen LogP contribution < -0.4 is 5.32 Å². The molecule has 0 aromatic carbocycles. The number of carbonyl (C=O) groups is 5. The van der Waals surface area contributed by atoms with E-state index >= 15 is 0 Å². The fourth-order valence-corrected chi connectivity index (χ4v) is 4.26. The number of nitrogens with zero attached hydrogens (tertiary/aromatic N) is 1. The summed E-state index contributed by atoms with van der Waals surface area (Å²) in [6.07, 6.45) is 14.1. The first-order chi connectivity index (χ1) is 18.4. The summed E-state index contributed by atoms with van der Waals surface area (Å²) in [5.41, 5.74) is -3.40. The standard InChI is InChI=1S/C29H50N2O8/c1-5-6-7-8-9-10-11-12-13-14-15-16-17-18-23(32)30-29(37,27(36)38-28(2,3)4)22-21-26(35)39-31-24(33)19-20-25(31)34/h37H,5-22H2,1-4H3,(H,30,32)/t29-/m0/s1. The maximum Gasteiger partial charge on any atom is 0.360 e. The van der Waals surface area contributed by atoms with Crippen LogP contribution in [0.2, 0.25) is 0 Å². The van der Waals surface area contributed by atoms with Gasteiger partial charge in [0.25, 0.3) is 11.8 Å². The molecule has 0 aromatic heterocycles. The first kappa shape index (κ1) is 34.5. The number of rotatable bonds is 20. The number of esters is 1. The quantitative estimate of drug-likeness (QED) is 0.0927. The van der Waals surface area contributed by atoms with Gasteiger partial charge in [-0.25, -0.2) is 9.59 Å². The largest absolute Gasteiger partial charge is 0.456 e. The van der Waals surface area contributed by atoms with E-state index in [2.05, 4.69) is 12.2 Å². The van der Waals surface area contributed by atoms with Gasteiger partial charge >= 0.3 is 11.9 Å². The molecule has 224 valence electrons. The van der Waals surface area contributed by atoms with Gasteiger partial charge in [0.1, 0.15) is 5.60 Å². The van der Waals surface area contributed by atoms with Crippen molar-refractivity contribution in [3.63, 3.8) is 0 Å². The second kappa shape index (κ2) is 18.0. The average molecular weight is 555 g/mol. The molecule has 1 aliphatic rings. The number of imide groups is 1. The lowest BCUT2D eigenvalue weighted by molar-refractivity contribution is -0.199. The fourth-order valence-electron chi connectivity index (χ4n) is 4.26. The molecule has 3 amide bonds. The van der Waals surface area contributed by atoms with Crippen molar-refractivity contribution in [2.24, 2.45) is 0 Å². The molecule has 0 unspecified atom stereocenters. The number of ether oxygens (including phenoxy) is 1. The minimum Gasteiger partial charge on any atom is -0.456 e. The molecule has 10 nitrogen and oxygen atoms in total. The lowest BCUT2D eigenvalue weighted by atomic mass is 10.0. The van der Waals surface area contributed by atoms with Gasteiger partial charge in [0.15, 0.2) is 0 Å². The highest BCUT2D eigenvalue weighted by Crippen LogP contribution is 2.20. The molecule has 39 heavy (non-hydrogen) atoms. The Morgan fingerprint density at radius 2 is 1.26 bits per heavy atom. The zero-order chi connectivity index (χ0) is 29.3. The van der Waals surface area contributed by atoms with Crippen molar-refractivity contribution >= 4 is 29.7 Å². The highest BCUT2D eigenvalue weighted by atomic mass is 16.7. The van der Waals surface area contributed by atoms with E-state index in [1.807, 2.05) is 0 Å². The topological polar surface area (TPSA) is 139 Å². The van der Waals surface area contributed by atoms with Crippen LogP contribution in [0.1, 0.15) is 143 Å². The SMILES string of the molecule is CCCCCCCCCCCCCCCC(=O)N[C@](O)(CCC(=O)ON1C(=O)CCC1=O)C(=O)OC(C)(C)C. The lowest BCUT2D eigenvalue weighted by Crippen LogP contribution is -2.57. The van der Waals surface area contributed by atoms with E-state index in [4.69, 9.17) is 9.57 Å². The third-order valence-corrected chi connectivity index (χ3v) is 6.48. The summed E-state index contributed by atoms with van der Waals surface area (Å²) in [5, 5.41) is 13.7. The van der Waals surface area contributed by atoms with E-state index < -0.39 is 53.8 Å². The number of hydroxylamine groups is 2. The van der Waals surface area contributed by atoms with E-state index in [9.17, 15) is 29.1 Å². The first-order valence-electron chi connectivity index (χ1n) is 14.7. The van der Waals surface area contributed by atoms with Gasteiger partial charge in [0.2, 0.25) is 11.6 Å². The fraction of sp³-hybridized carbons (Fsp3) is 0.828. The maximum atomic E-state index is 12.7. The Kier molecular flexibility index (Phi) is 15.9. The van der Waals surface area contributed by atoms with Crippen molar-refractivity contribution < 1.29 is 38.7 Å². The maximum absolute atomic E-state index is 12.7. The third kappa shape index (κ3) is 15.0. The number of amides is 3. The summed E-state index contributed by atoms with van der Waals surface area (Å²) in [7, 11) is 0. The Hall–Kier alpha value is -2.49. The number of nitrogens with one attached hydrogen (secondary N) is 1. The lowest BCUT2D eigenvalue weighted by Gasteiger charge is -2.30. The van der Waals surface area contributed by atoms with Gasteiger partial charge in [-0.05, 0) is 27.2 Å². The molecule has 1 fully saturated rings. The molecule has 1 saturated heterocycles. The number of unbranched alkanes of at least 4 members (excludes halogenated alkanes) is 12. The van der Waals surface area contributed by atoms with Crippen LogP contribution in [0.4, 0.5) is 0 Å². The predicted octanol–water partition coefficient (Wildman–Crippen LogP) is 5.00. The summed E-state index contributed by atoms with van der Waals surface area (Å²) in [6.45, 7) is 7.06. The van der Waals surface area contributed by atoms with Crippen LogP contribution in [0.3, 0.4) is 0 Å². The number of hydrogen-bond donors (Lipinski definition) is 2. The second-order valence-electron chi connectivity index (χ2n) is 11.4. The molecule has 1 atom stereocenters. The van der Waals surface area contributed by atoms with Crippen molar-refractivity contribution in [1.82, 2.24) is 10.4 Å². The summed E-state index contributed by atoms with van der Waals surface area (Å²) in [6, 6.07) is 0. The van der Waals surface area contributed by atoms with Crippen molar-refractivity contribution in [2.45, 2.75) is 155 Å². The zero-order valence-corrected chi connectivity index (χ0v) is 24.5. The Balaban J connectivity index is 2.40. The summed E-state index contributed by atoms with van der Waals surface area (Å²) in [5.74, 6) is -3.91. The molecule has 1 aliphatic heterocycles. The minimum atomic E-state index is -2.46. The van der Waals surface area contributed by atoms with E-state index in [-0.39, 0.29) is 19.3 Å². The van der Waals surface area contributed by atoms with Crippen LogP contribution in [0.25, 0.3) is 0 Å². The zero-order valence-electron chi connectivity index (χ0n) is 24.5. The van der Waals surface area contributed by atoms with E-state index in [0.717, 1.165) is 19.3 Å². The summed E-state index contributed by atoms with van der Waals surface area (Å²) in [4.78, 5) is 65.5. The van der Waals surface area contributed by atoms with Crippen LogP contribution >= 0.6 is 0 Å². The Labute approximate surface area is 233 Å². The highest BCUT2D eigenvalue weighted by Gasteiger charge is 2.42. The molecule has 1 rings (SSSR count). The third-order valence-electron chi connectivity index (χ3n) is 6.48. The van der Waals surface area contributed by atoms with Crippen LogP contribution in [-0.4, -0.2) is 51.2 Å². The van der Waals surface area contributed by atoms with Gasteiger partial charge in [-0.3, -0.25) is 14.4 Å². The van der Waals surface area contributed by atoms with Crippen LogP contribution in [0.5, 0.6) is 0 Å². The molecule has 1 heterocycles. The molecule has 0 bridgehead atoms. The average Bonchev–Trinajstić information content (AvgIpc) is 3.16. The molecular weight excluding hydrogens is 504 g/mol. The van der Waals surface area contributed by atoms with Gasteiger partial charge in [-0.2, -0.15) is 0 Å². The number of hydrogen-bond acceptors (Lipinski definition) is 8. The first-order valence-corrected chi connectivity index (χ1v) is 14.7. The number of aliphatic hydroxyl groups is 1. The van der Waals surface area contributed by atoms with Crippen LogP contribution in [0, 0.1) is 0 Å².